The van der Waals surface area contributed by atoms with Gasteiger partial charge in [0, 0.05) is 18.7 Å². The van der Waals surface area contributed by atoms with E-state index < -0.39 is 0 Å². The summed E-state index contributed by atoms with van der Waals surface area (Å²) in [6.07, 6.45) is 0.453. The van der Waals surface area contributed by atoms with E-state index in [1.165, 1.54) is 5.56 Å². The lowest BCUT2D eigenvalue weighted by molar-refractivity contribution is -0.134. The molecule has 0 radical (unpaired) electrons. The van der Waals surface area contributed by atoms with E-state index >= 15 is 0 Å². The Kier molecular flexibility index (Phi) is 5.21. The molecule has 1 aliphatic rings. The number of hydrogen-bond acceptors (Lipinski definition) is 4. The summed E-state index contributed by atoms with van der Waals surface area (Å²) < 4.78 is 6.01. The highest BCUT2D eigenvalue weighted by molar-refractivity contribution is 7.08. The predicted octanol–water partition coefficient (Wildman–Crippen LogP) is 2.95. The second-order valence-corrected chi connectivity index (χ2v) is 7.45. The second kappa shape index (κ2) is 7.36. The Bertz CT molecular complexity index is 697. The number of thiophene rings is 1. The molecule has 1 aliphatic heterocycles. The molecule has 0 fully saturated rings. The minimum absolute atomic E-state index is 0.0545. The maximum Gasteiger partial charge on any atom is 0.227 e. The number of amides is 1. The molecular formula is C19H24N2O2S. The molecule has 0 bridgehead atoms. The van der Waals surface area contributed by atoms with Gasteiger partial charge in [0.15, 0.2) is 0 Å². The van der Waals surface area contributed by atoms with E-state index in [1.807, 2.05) is 41.9 Å². The van der Waals surface area contributed by atoms with Crippen molar-refractivity contribution in [2.24, 2.45) is 0 Å². The van der Waals surface area contributed by atoms with Crippen LogP contribution in [-0.2, 0) is 17.8 Å². The summed E-state index contributed by atoms with van der Waals surface area (Å²) in [7, 11) is 4.06. The molecule has 5 heteroatoms. The van der Waals surface area contributed by atoms with E-state index in [1.54, 1.807) is 11.3 Å². The third-order valence-corrected chi connectivity index (χ3v) is 4.99. The zero-order valence-electron chi connectivity index (χ0n) is 14.5. The smallest absolute Gasteiger partial charge is 0.227 e. The highest BCUT2D eigenvalue weighted by Gasteiger charge is 2.29. The van der Waals surface area contributed by atoms with Crippen LogP contribution in [0.1, 0.15) is 16.7 Å². The van der Waals surface area contributed by atoms with Gasteiger partial charge in [-0.25, -0.2) is 0 Å². The Hall–Kier alpha value is -1.85. The lowest BCUT2D eigenvalue weighted by atomic mass is 10.1. The number of carbonyl (C=O) groups excluding carboxylic acids is 1. The SMILES string of the molecule is Cc1ccc2c(c1)CN(C(=O)Cc1ccsc1)C(CN(C)C)CO2. The van der Waals surface area contributed by atoms with E-state index in [4.69, 9.17) is 4.74 Å². The first-order valence-corrected chi connectivity index (χ1v) is 9.15. The molecule has 0 spiro atoms. The van der Waals surface area contributed by atoms with Gasteiger partial charge < -0.3 is 14.5 Å². The van der Waals surface area contributed by atoms with Gasteiger partial charge in [0.05, 0.1) is 12.5 Å². The largest absolute Gasteiger partial charge is 0.491 e. The standard InChI is InChI=1S/C19H24N2O2S/c1-14-4-5-18-16(8-14)10-21(17(12-23-18)11-20(2)3)19(22)9-15-6-7-24-13-15/h4-8,13,17H,9-12H2,1-3H3. The summed E-state index contributed by atoms with van der Waals surface area (Å²) in [4.78, 5) is 17.1. The molecular weight excluding hydrogens is 320 g/mol. The number of nitrogens with zero attached hydrogens (tertiary/aromatic N) is 2. The minimum atomic E-state index is 0.0545. The van der Waals surface area contributed by atoms with Gasteiger partial charge in [-0.05, 0) is 49.5 Å². The van der Waals surface area contributed by atoms with Crippen LogP contribution in [0.25, 0.3) is 0 Å². The molecule has 1 atom stereocenters. The number of benzene rings is 1. The number of carbonyl (C=O) groups is 1. The number of rotatable bonds is 4. The molecule has 0 aliphatic carbocycles. The molecule has 24 heavy (non-hydrogen) atoms. The minimum Gasteiger partial charge on any atom is -0.491 e. The van der Waals surface area contributed by atoms with Crippen LogP contribution in [0.5, 0.6) is 5.75 Å². The fourth-order valence-corrected chi connectivity index (χ4v) is 3.76. The summed E-state index contributed by atoms with van der Waals surface area (Å²) in [5.74, 6) is 1.06. The van der Waals surface area contributed by atoms with Crippen LogP contribution in [0.4, 0.5) is 0 Å². The third-order valence-electron chi connectivity index (χ3n) is 4.26. The lowest BCUT2D eigenvalue weighted by Crippen LogP contribution is -2.47. The first kappa shape index (κ1) is 17.0. The van der Waals surface area contributed by atoms with Crippen LogP contribution in [-0.4, -0.2) is 49.0 Å². The Morgan fingerprint density at radius 1 is 1.38 bits per heavy atom. The van der Waals surface area contributed by atoms with Gasteiger partial charge in [0.2, 0.25) is 5.91 Å². The monoisotopic (exact) mass is 344 g/mol. The Labute approximate surface area is 147 Å². The number of ether oxygens (including phenoxy) is 1. The highest BCUT2D eigenvalue weighted by Crippen LogP contribution is 2.27. The molecule has 1 amide bonds. The van der Waals surface area contributed by atoms with E-state index in [0.29, 0.717) is 19.6 Å². The molecule has 1 unspecified atom stereocenters. The summed E-state index contributed by atoms with van der Waals surface area (Å²) in [5.41, 5.74) is 3.37. The van der Waals surface area contributed by atoms with Crippen LogP contribution in [0.15, 0.2) is 35.0 Å². The van der Waals surface area contributed by atoms with Crippen molar-refractivity contribution in [2.45, 2.75) is 25.9 Å². The molecule has 3 rings (SSSR count). The average molecular weight is 344 g/mol. The Morgan fingerprint density at radius 3 is 2.92 bits per heavy atom. The normalized spacial score (nSPS) is 17.3. The van der Waals surface area contributed by atoms with Crippen molar-refractivity contribution in [2.75, 3.05) is 27.2 Å². The van der Waals surface area contributed by atoms with Crippen LogP contribution in [0, 0.1) is 6.92 Å². The predicted molar refractivity (Wildman–Crippen MR) is 97.6 cm³/mol. The topological polar surface area (TPSA) is 32.8 Å². The third kappa shape index (κ3) is 3.97. The Balaban J connectivity index is 1.86. The van der Waals surface area contributed by atoms with Gasteiger partial charge in [0.1, 0.15) is 12.4 Å². The van der Waals surface area contributed by atoms with Crippen molar-refractivity contribution in [3.63, 3.8) is 0 Å². The van der Waals surface area contributed by atoms with Crippen molar-refractivity contribution < 1.29 is 9.53 Å². The van der Waals surface area contributed by atoms with Gasteiger partial charge in [-0.1, -0.05) is 17.7 Å². The molecule has 1 aromatic heterocycles. The summed E-state index contributed by atoms with van der Waals surface area (Å²) in [6.45, 7) is 4.00. The van der Waals surface area contributed by atoms with Gasteiger partial charge in [0.25, 0.3) is 0 Å². The van der Waals surface area contributed by atoms with Crippen LogP contribution >= 0.6 is 11.3 Å². The number of hydrogen-bond donors (Lipinski definition) is 0. The zero-order chi connectivity index (χ0) is 17.1. The number of aryl methyl sites for hydroxylation is 1. The van der Waals surface area contributed by atoms with E-state index in [-0.39, 0.29) is 11.9 Å². The van der Waals surface area contributed by atoms with Crippen LogP contribution in [0.2, 0.25) is 0 Å². The maximum absolute atomic E-state index is 13.0. The summed E-state index contributed by atoms with van der Waals surface area (Å²) in [6, 6.07) is 8.28. The average Bonchev–Trinajstić information content (AvgIpc) is 2.96. The molecule has 128 valence electrons. The fourth-order valence-electron chi connectivity index (χ4n) is 3.10. The van der Waals surface area contributed by atoms with Crippen molar-refractivity contribution in [3.8, 4) is 5.75 Å². The van der Waals surface area contributed by atoms with Crippen LogP contribution in [0.3, 0.4) is 0 Å². The molecule has 0 saturated carbocycles. The summed E-state index contributed by atoms with van der Waals surface area (Å²) in [5, 5.41) is 4.06. The van der Waals surface area contributed by atoms with Crippen molar-refractivity contribution in [1.82, 2.24) is 9.80 Å². The molecule has 0 saturated heterocycles. The van der Waals surface area contributed by atoms with Gasteiger partial charge in [-0.2, -0.15) is 11.3 Å². The molecule has 1 aromatic carbocycles. The fraction of sp³-hybridized carbons (Fsp3) is 0.421. The van der Waals surface area contributed by atoms with Gasteiger partial charge >= 0.3 is 0 Å². The van der Waals surface area contributed by atoms with E-state index in [2.05, 4.69) is 24.0 Å². The van der Waals surface area contributed by atoms with E-state index in [0.717, 1.165) is 23.4 Å². The second-order valence-electron chi connectivity index (χ2n) is 6.67. The van der Waals surface area contributed by atoms with Crippen molar-refractivity contribution in [3.05, 3.63) is 51.7 Å². The quantitative estimate of drug-likeness (QED) is 0.855. The lowest BCUT2D eigenvalue weighted by Gasteiger charge is -2.31. The number of fused-ring (bicyclic) bond motifs is 1. The van der Waals surface area contributed by atoms with Crippen molar-refractivity contribution >= 4 is 17.2 Å². The van der Waals surface area contributed by atoms with E-state index in [9.17, 15) is 4.79 Å². The summed E-state index contributed by atoms with van der Waals surface area (Å²) >= 11 is 1.63. The zero-order valence-corrected chi connectivity index (χ0v) is 15.3. The first-order valence-electron chi connectivity index (χ1n) is 8.20. The first-order chi connectivity index (χ1) is 11.5. The molecule has 0 N–H and O–H groups in total. The van der Waals surface area contributed by atoms with Gasteiger partial charge in [-0.3, -0.25) is 4.79 Å². The molecule has 2 heterocycles. The van der Waals surface area contributed by atoms with Crippen molar-refractivity contribution in [1.29, 1.82) is 0 Å². The number of likely N-dealkylation sites (N-methyl/N-ethyl adjacent to an activating group) is 1. The van der Waals surface area contributed by atoms with Crippen LogP contribution < -0.4 is 4.74 Å². The maximum atomic E-state index is 13.0. The Morgan fingerprint density at radius 2 is 2.21 bits per heavy atom. The highest BCUT2D eigenvalue weighted by atomic mass is 32.1. The molecule has 2 aromatic rings. The molecule has 4 nitrogen and oxygen atoms in total. The van der Waals surface area contributed by atoms with Gasteiger partial charge in [-0.15, -0.1) is 0 Å².